The van der Waals surface area contributed by atoms with Crippen molar-refractivity contribution in [2.45, 2.75) is 13.5 Å². The topological polar surface area (TPSA) is 45.4 Å². The lowest BCUT2D eigenvalue weighted by Gasteiger charge is -2.33. The molecule has 2 N–H and O–H groups in total. The van der Waals surface area contributed by atoms with Crippen molar-refractivity contribution < 1.29 is 0 Å². The van der Waals surface area contributed by atoms with Gasteiger partial charge in [0.05, 0.1) is 5.69 Å². The van der Waals surface area contributed by atoms with Crippen LogP contribution in [0.25, 0.3) is 0 Å². The molecule has 2 rings (SSSR count). The fourth-order valence-corrected chi connectivity index (χ4v) is 2.44. The van der Waals surface area contributed by atoms with Crippen molar-refractivity contribution in [3.8, 4) is 0 Å². The molecule has 2 heterocycles. The lowest BCUT2D eigenvalue weighted by Crippen LogP contribution is -2.45. The number of anilines is 1. The quantitative estimate of drug-likeness (QED) is 0.830. The molecule has 1 aliphatic rings. The molecule has 1 aliphatic heterocycles. The minimum absolute atomic E-state index is 0.678. The summed E-state index contributed by atoms with van der Waals surface area (Å²) in [6.07, 6.45) is 0. The van der Waals surface area contributed by atoms with E-state index in [0.29, 0.717) is 5.13 Å². The molecule has 0 radical (unpaired) electrons. The smallest absolute Gasteiger partial charge is 0.180 e. The molecule has 0 aliphatic carbocycles. The zero-order valence-corrected chi connectivity index (χ0v) is 9.96. The van der Waals surface area contributed by atoms with Crippen LogP contribution in [0, 0.1) is 0 Å². The highest BCUT2D eigenvalue weighted by molar-refractivity contribution is 7.13. The number of nitrogen functional groups attached to an aromatic ring is 1. The van der Waals surface area contributed by atoms with Crippen LogP contribution in [0.5, 0.6) is 0 Å². The first-order valence-corrected chi connectivity index (χ1v) is 6.30. The normalized spacial score (nSPS) is 19.5. The van der Waals surface area contributed by atoms with E-state index >= 15 is 0 Å². The molecule has 0 aromatic carbocycles. The van der Waals surface area contributed by atoms with E-state index in [0.717, 1.165) is 31.9 Å². The van der Waals surface area contributed by atoms with Gasteiger partial charge in [-0.25, -0.2) is 4.98 Å². The van der Waals surface area contributed by atoms with Crippen LogP contribution in [-0.4, -0.2) is 47.5 Å². The molecular formula is C10H18N4S. The van der Waals surface area contributed by atoms with Gasteiger partial charge < -0.3 is 10.6 Å². The number of nitrogens with two attached hydrogens (primary N) is 1. The predicted octanol–water partition coefficient (Wildman–Crippen LogP) is 0.863. The number of hydrogen-bond acceptors (Lipinski definition) is 5. The molecule has 1 aromatic heterocycles. The van der Waals surface area contributed by atoms with E-state index in [-0.39, 0.29) is 0 Å². The van der Waals surface area contributed by atoms with Crippen molar-refractivity contribution in [1.29, 1.82) is 0 Å². The molecule has 0 atom stereocenters. The Labute approximate surface area is 94.7 Å². The number of nitrogens with zero attached hydrogens (tertiary/aromatic N) is 3. The Morgan fingerprint density at radius 1 is 1.33 bits per heavy atom. The lowest BCUT2D eigenvalue weighted by atomic mass is 10.3. The van der Waals surface area contributed by atoms with Gasteiger partial charge in [0.25, 0.3) is 0 Å². The van der Waals surface area contributed by atoms with Crippen LogP contribution in [0.1, 0.15) is 12.6 Å². The van der Waals surface area contributed by atoms with Crippen LogP contribution < -0.4 is 5.73 Å². The molecular weight excluding hydrogens is 208 g/mol. The van der Waals surface area contributed by atoms with Crippen LogP contribution >= 0.6 is 11.3 Å². The highest BCUT2D eigenvalue weighted by Crippen LogP contribution is 2.13. The zero-order chi connectivity index (χ0) is 10.7. The van der Waals surface area contributed by atoms with E-state index in [1.807, 2.05) is 0 Å². The Bertz CT molecular complexity index is 304. The Balaban J connectivity index is 1.82. The number of thiazole rings is 1. The Kier molecular flexibility index (Phi) is 3.56. The van der Waals surface area contributed by atoms with Gasteiger partial charge in [-0.05, 0) is 6.54 Å². The summed E-state index contributed by atoms with van der Waals surface area (Å²) in [5, 5.41) is 2.74. The van der Waals surface area contributed by atoms with Gasteiger partial charge in [-0.2, -0.15) is 0 Å². The van der Waals surface area contributed by atoms with E-state index in [1.54, 1.807) is 0 Å². The van der Waals surface area contributed by atoms with Crippen molar-refractivity contribution in [3.63, 3.8) is 0 Å². The summed E-state index contributed by atoms with van der Waals surface area (Å²) in [4.78, 5) is 9.21. The molecule has 5 heteroatoms. The number of aromatic nitrogens is 1. The van der Waals surface area contributed by atoms with E-state index in [1.165, 1.54) is 24.4 Å². The average Bonchev–Trinajstić information content (AvgIpc) is 2.65. The highest BCUT2D eigenvalue weighted by atomic mass is 32.1. The summed E-state index contributed by atoms with van der Waals surface area (Å²) in [7, 11) is 0. The monoisotopic (exact) mass is 226 g/mol. The van der Waals surface area contributed by atoms with E-state index < -0.39 is 0 Å². The maximum absolute atomic E-state index is 5.61. The molecule has 1 saturated heterocycles. The Hall–Kier alpha value is -0.650. The first kappa shape index (κ1) is 10.9. The molecule has 1 aromatic rings. The first-order chi connectivity index (χ1) is 7.28. The molecule has 1 fully saturated rings. The van der Waals surface area contributed by atoms with E-state index in [9.17, 15) is 0 Å². The summed E-state index contributed by atoms with van der Waals surface area (Å²) in [6.45, 7) is 8.97. The average molecular weight is 226 g/mol. The third-order valence-electron chi connectivity index (χ3n) is 2.87. The van der Waals surface area contributed by atoms with Crippen molar-refractivity contribution in [2.75, 3.05) is 38.5 Å². The number of piperazine rings is 1. The fraction of sp³-hybridized carbons (Fsp3) is 0.700. The van der Waals surface area contributed by atoms with Gasteiger partial charge in [-0.15, -0.1) is 11.3 Å². The summed E-state index contributed by atoms with van der Waals surface area (Å²) in [5.41, 5.74) is 6.72. The molecule has 0 unspecified atom stereocenters. The molecule has 0 spiro atoms. The highest BCUT2D eigenvalue weighted by Gasteiger charge is 2.16. The predicted molar refractivity (Wildman–Crippen MR) is 63.9 cm³/mol. The maximum Gasteiger partial charge on any atom is 0.180 e. The van der Waals surface area contributed by atoms with Crippen molar-refractivity contribution >= 4 is 16.5 Å². The van der Waals surface area contributed by atoms with Crippen LogP contribution in [-0.2, 0) is 6.54 Å². The maximum atomic E-state index is 5.61. The molecule has 4 nitrogen and oxygen atoms in total. The van der Waals surface area contributed by atoms with E-state index in [4.69, 9.17) is 5.73 Å². The summed E-state index contributed by atoms with van der Waals surface area (Å²) in [6, 6.07) is 0. The fourth-order valence-electron chi connectivity index (χ4n) is 1.89. The van der Waals surface area contributed by atoms with Crippen LogP contribution in [0.15, 0.2) is 5.38 Å². The van der Waals surface area contributed by atoms with Crippen molar-refractivity contribution in [2.24, 2.45) is 0 Å². The van der Waals surface area contributed by atoms with E-state index in [2.05, 4.69) is 27.1 Å². The van der Waals surface area contributed by atoms with Crippen molar-refractivity contribution in [1.82, 2.24) is 14.8 Å². The second-order valence-electron chi connectivity index (χ2n) is 3.89. The third-order valence-corrected chi connectivity index (χ3v) is 3.59. The van der Waals surface area contributed by atoms with Crippen molar-refractivity contribution in [3.05, 3.63) is 11.1 Å². The zero-order valence-electron chi connectivity index (χ0n) is 9.15. The standard InChI is InChI=1S/C10H18N4S/c1-2-13-3-5-14(6-4-13)7-9-8-15-10(11)12-9/h8H,2-7H2,1H3,(H2,11,12). The largest absolute Gasteiger partial charge is 0.375 e. The lowest BCUT2D eigenvalue weighted by molar-refractivity contribution is 0.131. The first-order valence-electron chi connectivity index (χ1n) is 5.42. The van der Waals surface area contributed by atoms with Gasteiger partial charge in [0, 0.05) is 38.1 Å². The van der Waals surface area contributed by atoms with Gasteiger partial charge in [0.1, 0.15) is 0 Å². The van der Waals surface area contributed by atoms with Crippen LogP contribution in [0.3, 0.4) is 0 Å². The van der Waals surface area contributed by atoms with Gasteiger partial charge >= 0.3 is 0 Å². The Morgan fingerprint density at radius 3 is 2.53 bits per heavy atom. The minimum Gasteiger partial charge on any atom is -0.375 e. The molecule has 15 heavy (non-hydrogen) atoms. The second kappa shape index (κ2) is 4.92. The summed E-state index contributed by atoms with van der Waals surface area (Å²) in [5.74, 6) is 0. The summed E-state index contributed by atoms with van der Waals surface area (Å²) < 4.78 is 0. The van der Waals surface area contributed by atoms with Gasteiger partial charge in [0.2, 0.25) is 0 Å². The van der Waals surface area contributed by atoms with Gasteiger partial charge in [-0.3, -0.25) is 4.90 Å². The summed E-state index contributed by atoms with van der Waals surface area (Å²) >= 11 is 1.53. The van der Waals surface area contributed by atoms with Crippen LogP contribution in [0.4, 0.5) is 5.13 Å². The van der Waals surface area contributed by atoms with Gasteiger partial charge in [-0.1, -0.05) is 6.92 Å². The number of rotatable bonds is 3. The molecule has 0 amide bonds. The number of hydrogen-bond donors (Lipinski definition) is 1. The molecule has 84 valence electrons. The molecule has 0 bridgehead atoms. The third kappa shape index (κ3) is 2.90. The molecule has 0 saturated carbocycles. The number of likely N-dealkylation sites (N-methyl/N-ethyl adjacent to an activating group) is 1. The van der Waals surface area contributed by atoms with Gasteiger partial charge in [0.15, 0.2) is 5.13 Å². The Morgan fingerprint density at radius 2 is 2.00 bits per heavy atom. The van der Waals surface area contributed by atoms with Crippen LogP contribution in [0.2, 0.25) is 0 Å². The second-order valence-corrected chi connectivity index (χ2v) is 4.78. The SMILES string of the molecule is CCN1CCN(Cc2csc(N)n2)CC1. The minimum atomic E-state index is 0.678.